The maximum atomic E-state index is 12.8. The molecule has 1 unspecified atom stereocenters. The number of ketones is 1. The van der Waals surface area contributed by atoms with Crippen molar-refractivity contribution in [3.05, 3.63) is 62.4 Å². The molecule has 0 saturated carbocycles. The number of nitrogens with two attached hydrogens (primary N) is 2. The van der Waals surface area contributed by atoms with E-state index in [-0.39, 0.29) is 34.4 Å². The molecule has 1 atom stereocenters. The minimum Gasteiger partial charge on any atom is -0.459 e. The average Bonchev–Trinajstić information content (AvgIpc) is 2.67. The van der Waals surface area contributed by atoms with Gasteiger partial charge in [0.05, 0.1) is 10.5 Å². The first-order valence-corrected chi connectivity index (χ1v) is 8.59. The number of nitro benzene ring substituents is 1. The summed E-state index contributed by atoms with van der Waals surface area (Å²) in [6.45, 7) is 0. The fraction of sp³-hybridized carbons (Fsp3) is 0.211. The molecule has 28 heavy (non-hydrogen) atoms. The number of nitro groups is 1. The first kappa shape index (κ1) is 17.5. The van der Waals surface area contributed by atoms with Crippen LogP contribution in [0, 0.1) is 21.4 Å². The number of nitrogen functional groups attached to an aromatic ring is 2. The third-order valence-electron chi connectivity index (χ3n) is 4.98. The van der Waals surface area contributed by atoms with Gasteiger partial charge in [-0.05, 0) is 12.0 Å². The molecule has 2 aliphatic rings. The van der Waals surface area contributed by atoms with Crippen molar-refractivity contribution in [2.24, 2.45) is 0 Å². The van der Waals surface area contributed by atoms with E-state index in [9.17, 15) is 20.2 Å². The summed E-state index contributed by atoms with van der Waals surface area (Å²) in [7, 11) is 0. The van der Waals surface area contributed by atoms with Gasteiger partial charge in [-0.15, -0.1) is 0 Å². The Balaban J connectivity index is 2.04. The molecule has 1 aliphatic carbocycles. The largest absolute Gasteiger partial charge is 0.459 e. The number of aromatic nitrogens is 1. The van der Waals surface area contributed by atoms with Crippen molar-refractivity contribution in [1.82, 2.24) is 4.98 Å². The number of hydrogen-bond donors (Lipinski definition) is 2. The van der Waals surface area contributed by atoms with Gasteiger partial charge in [0.2, 0.25) is 0 Å². The van der Waals surface area contributed by atoms with Crippen LogP contribution >= 0.6 is 0 Å². The molecule has 4 N–H and O–H groups in total. The maximum absolute atomic E-state index is 12.8. The highest BCUT2D eigenvalue weighted by Gasteiger charge is 2.40. The number of anilines is 2. The fourth-order valence-corrected chi connectivity index (χ4v) is 3.79. The van der Waals surface area contributed by atoms with Gasteiger partial charge < -0.3 is 16.2 Å². The summed E-state index contributed by atoms with van der Waals surface area (Å²) in [6, 6.07) is 7.97. The lowest BCUT2D eigenvalue weighted by atomic mass is 9.76. The maximum Gasteiger partial charge on any atom is 0.269 e. The average molecular weight is 377 g/mol. The standard InChI is InChI=1S/C19H15N5O4/c20-8-11-17-16(19(22)23-18(11)21)14(9-3-1-4-10(7-9)24(26)27)15-12(25)5-2-6-13(15)28-17/h1,3-4,7,14H,2,5-6H2,(H4,21,22,23). The number of non-ortho nitro benzene ring substituents is 1. The second-order valence-corrected chi connectivity index (χ2v) is 6.61. The molecule has 1 aromatic carbocycles. The summed E-state index contributed by atoms with van der Waals surface area (Å²) in [6.07, 6.45) is 1.47. The summed E-state index contributed by atoms with van der Waals surface area (Å²) in [5, 5.41) is 20.8. The van der Waals surface area contributed by atoms with Crippen molar-refractivity contribution >= 4 is 23.1 Å². The molecule has 0 spiro atoms. The molecule has 140 valence electrons. The molecule has 2 aromatic rings. The number of benzene rings is 1. The van der Waals surface area contributed by atoms with Crippen molar-refractivity contribution in [2.45, 2.75) is 25.2 Å². The summed E-state index contributed by atoms with van der Waals surface area (Å²) < 4.78 is 5.92. The summed E-state index contributed by atoms with van der Waals surface area (Å²) in [5.74, 6) is -0.264. The van der Waals surface area contributed by atoms with Crippen molar-refractivity contribution in [3.63, 3.8) is 0 Å². The number of pyridine rings is 1. The molecule has 1 aliphatic heterocycles. The molecule has 2 heterocycles. The summed E-state index contributed by atoms with van der Waals surface area (Å²) in [5.41, 5.74) is 13.1. The number of hydrogen-bond acceptors (Lipinski definition) is 8. The van der Waals surface area contributed by atoms with Gasteiger partial charge in [0, 0.05) is 36.5 Å². The minimum absolute atomic E-state index is 0.0212. The Morgan fingerprint density at radius 3 is 2.79 bits per heavy atom. The van der Waals surface area contributed by atoms with Crippen LogP contribution in [0.4, 0.5) is 17.3 Å². The summed E-state index contributed by atoms with van der Waals surface area (Å²) >= 11 is 0. The lowest BCUT2D eigenvalue weighted by Crippen LogP contribution is -2.27. The van der Waals surface area contributed by atoms with Crippen LogP contribution in [0.3, 0.4) is 0 Å². The van der Waals surface area contributed by atoms with E-state index in [4.69, 9.17) is 16.2 Å². The Morgan fingerprint density at radius 2 is 2.07 bits per heavy atom. The summed E-state index contributed by atoms with van der Waals surface area (Å²) in [4.78, 5) is 27.5. The highest BCUT2D eigenvalue weighted by Crippen LogP contribution is 2.50. The molecule has 4 rings (SSSR count). The van der Waals surface area contributed by atoms with Crippen molar-refractivity contribution < 1.29 is 14.5 Å². The molecule has 0 bridgehead atoms. The van der Waals surface area contributed by atoms with Gasteiger partial charge in [0.25, 0.3) is 5.69 Å². The Kier molecular flexibility index (Phi) is 3.96. The third kappa shape index (κ3) is 2.54. The predicted octanol–water partition coefficient (Wildman–Crippen LogP) is 2.56. The SMILES string of the molecule is N#Cc1c(N)nc(N)c2c1OC1=C(C(=O)CCC1)C2c1cccc([N+](=O)[O-])c1. The molecular formula is C19H15N5O4. The molecule has 0 fully saturated rings. The number of ether oxygens (including phenoxy) is 1. The van der Waals surface area contributed by atoms with Crippen LogP contribution in [-0.2, 0) is 4.79 Å². The van der Waals surface area contributed by atoms with Crippen LogP contribution in [0.1, 0.15) is 41.9 Å². The lowest BCUT2D eigenvalue weighted by molar-refractivity contribution is -0.384. The lowest BCUT2D eigenvalue weighted by Gasteiger charge is -2.33. The van der Waals surface area contributed by atoms with E-state index >= 15 is 0 Å². The van der Waals surface area contributed by atoms with E-state index in [2.05, 4.69) is 4.98 Å². The van der Waals surface area contributed by atoms with Gasteiger partial charge in [-0.3, -0.25) is 14.9 Å². The number of nitriles is 1. The Hall–Kier alpha value is -3.93. The molecule has 9 nitrogen and oxygen atoms in total. The van der Waals surface area contributed by atoms with E-state index in [1.165, 1.54) is 12.1 Å². The first-order valence-electron chi connectivity index (χ1n) is 8.59. The highest BCUT2D eigenvalue weighted by atomic mass is 16.6. The number of allylic oxidation sites excluding steroid dienone is 2. The third-order valence-corrected chi connectivity index (χ3v) is 4.98. The van der Waals surface area contributed by atoms with E-state index in [0.29, 0.717) is 41.7 Å². The van der Waals surface area contributed by atoms with Crippen LogP contribution in [-0.4, -0.2) is 15.7 Å². The molecule has 0 radical (unpaired) electrons. The number of nitrogens with zero attached hydrogens (tertiary/aromatic N) is 3. The van der Waals surface area contributed by atoms with Gasteiger partial charge in [-0.25, -0.2) is 4.98 Å². The zero-order valence-corrected chi connectivity index (χ0v) is 14.6. The number of fused-ring (bicyclic) bond motifs is 1. The van der Waals surface area contributed by atoms with Crippen molar-refractivity contribution in [2.75, 3.05) is 11.5 Å². The van der Waals surface area contributed by atoms with Crippen molar-refractivity contribution in [1.29, 1.82) is 5.26 Å². The molecule has 9 heteroatoms. The van der Waals surface area contributed by atoms with E-state index < -0.39 is 10.8 Å². The molecule has 0 saturated heterocycles. The number of carbonyl (C=O) groups is 1. The zero-order valence-electron chi connectivity index (χ0n) is 14.6. The smallest absolute Gasteiger partial charge is 0.269 e. The van der Waals surface area contributed by atoms with Gasteiger partial charge >= 0.3 is 0 Å². The van der Waals surface area contributed by atoms with Crippen LogP contribution < -0.4 is 16.2 Å². The van der Waals surface area contributed by atoms with Crippen LogP contribution in [0.15, 0.2) is 35.6 Å². The van der Waals surface area contributed by atoms with E-state index in [0.717, 1.165) is 0 Å². The normalized spacial score (nSPS) is 18.0. The van der Waals surface area contributed by atoms with Gasteiger partial charge in [0.15, 0.2) is 11.5 Å². The molecule has 0 amide bonds. The Morgan fingerprint density at radius 1 is 1.29 bits per heavy atom. The van der Waals surface area contributed by atoms with Crippen LogP contribution in [0.25, 0.3) is 0 Å². The number of Topliss-reactive ketones (excluding diaryl/α,β-unsaturated/α-hetero) is 1. The predicted molar refractivity (Wildman–Crippen MR) is 99.2 cm³/mol. The van der Waals surface area contributed by atoms with E-state index in [1.807, 2.05) is 6.07 Å². The topological polar surface area (TPSA) is 158 Å². The minimum atomic E-state index is -0.716. The van der Waals surface area contributed by atoms with Gasteiger partial charge in [-0.1, -0.05) is 12.1 Å². The number of carbonyl (C=O) groups excluding carboxylic acids is 1. The van der Waals surface area contributed by atoms with Gasteiger partial charge in [0.1, 0.15) is 29.0 Å². The van der Waals surface area contributed by atoms with Crippen molar-refractivity contribution in [3.8, 4) is 11.8 Å². The van der Waals surface area contributed by atoms with Crippen LogP contribution in [0.2, 0.25) is 0 Å². The van der Waals surface area contributed by atoms with Gasteiger partial charge in [-0.2, -0.15) is 5.26 Å². The quantitative estimate of drug-likeness (QED) is 0.596. The Bertz CT molecular complexity index is 1120. The Labute approximate surface area is 159 Å². The molecule has 1 aromatic heterocycles. The zero-order chi connectivity index (χ0) is 20.0. The second-order valence-electron chi connectivity index (χ2n) is 6.61. The van der Waals surface area contributed by atoms with Crippen LogP contribution in [0.5, 0.6) is 5.75 Å². The first-order chi connectivity index (χ1) is 13.4. The molecular weight excluding hydrogens is 362 g/mol. The fourth-order valence-electron chi connectivity index (χ4n) is 3.79. The number of rotatable bonds is 2. The monoisotopic (exact) mass is 377 g/mol. The highest BCUT2D eigenvalue weighted by molar-refractivity contribution is 6.00. The second kappa shape index (κ2) is 6.35. The van der Waals surface area contributed by atoms with E-state index in [1.54, 1.807) is 12.1 Å².